The molecule has 1 nitrogen and oxygen atoms in total. The second-order valence-electron chi connectivity index (χ2n) is 14.5. The van der Waals surface area contributed by atoms with E-state index in [0.29, 0.717) is 0 Å². The smallest absolute Gasteiger partial charge is 0.0319 e. The number of hydrogen-bond donors (Lipinski definition) is 2. The van der Waals surface area contributed by atoms with Gasteiger partial charge in [0.1, 0.15) is 0 Å². The summed E-state index contributed by atoms with van der Waals surface area (Å²) in [6, 6.07) is 25.7. The molecule has 0 spiro atoms. The van der Waals surface area contributed by atoms with Gasteiger partial charge in [-0.25, -0.2) is 0 Å². The van der Waals surface area contributed by atoms with Crippen molar-refractivity contribution in [2.45, 2.75) is 166 Å². The Labute approximate surface area is 314 Å². The highest BCUT2D eigenvalue weighted by atomic mass is 32.1. The fourth-order valence-electron chi connectivity index (χ4n) is 7.44. The molecule has 0 heterocycles. The van der Waals surface area contributed by atoms with Crippen LogP contribution < -0.4 is 0 Å². The molecule has 0 atom stereocenters. The molecule has 0 saturated heterocycles. The van der Waals surface area contributed by atoms with Crippen molar-refractivity contribution in [3.63, 3.8) is 0 Å². The number of rotatable bonds is 3. The lowest BCUT2D eigenvalue weighted by Crippen LogP contribution is -2.13. The Kier molecular flexibility index (Phi) is 24.5. The molecule has 2 heteroatoms. The van der Waals surface area contributed by atoms with Gasteiger partial charge in [-0.05, 0) is 99.7 Å². The second-order valence-corrected chi connectivity index (χ2v) is 15.0. The molecular formula is C48H72OS. The molecule has 0 aliphatic heterocycles. The number of benzene rings is 3. The topological polar surface area (TPSA) is 20.2 Å². The van der Waals surface area contributed by atoms with Gasteiger partial charge in [0, 0.05) is 12.0 Å². The summed E-state index contributed by atoms with van der Waals surface area (Å²) in [6.45, 7) is 8.42. The SMILES string of the molecule is C1=CCCC=C1.CCC.CO.Cc1ccccc1.Cc1ccccc1.Sc1c(C2CCCCC2)cc(C2CCCCC2)cc1C1CCCCC1. The minimum atomic E-state index is 0.784. The van der Waals surface area contributed by atoms with E-state index in [4.69, 9.17) is 17.7 Å². The second kappa shape index (κ2) is 28.1. The van der Waals surface area contributed by atoms with E-state index in [2.05, 4.69) is 88.4 Å². The Hall–Kier alpha value is -2.55. The minimum Gasteiger partial charge on any atom is -0.400 e. The number of hydrogen-bond acceptors (Lipinski definition) is 2. The lowest BCUT2D eigenvalue weighted by atomic mass is 9.76. The number of aliphatic hydroxyl groups is 1. The molecule has 0 unspecified atom stereocenters. The summed E-state index contributed by atoms with van der Waals surface area (Å²) in [4.78, 5) is 1.39. The first-order valence-corrected chi connectivity index (χ1v) is 20.6. The van der Waals surface area contributed by atoms with Crippen molar-refractivity contribution < 1.29 is 5.11 Å². The summed E-state index contributed by atoms with van der Waals surface area (Å²) >= 11 is 5.14. The molecule has 0 amide bonds. The average molecular weight is 697 g/mol. The minimum absolute atomic E-state index is 0.784. The molecular weight excluding hydrogens is 625 g/mol. The maximum absolute atomic E-state index is 7.00. The van der Waals surface area contributed by atoms with Gasteiger partial charge < -0.3 is 5.11 Å². The van der Waals surface area contributed by atoms with E-state index in [-0.39, 0.29) is 0 Å². The fraction of sp³-hybridized carbons (Fsp3) is 0.542. The summed E-state index contributed by atoms with van der Waals surface area (Å²) < 4.78 is 0. The molecule has 4 aliphatic carbocycles. The van der Waals surface area contributed by atoms with Gasteiger partial charge in [-0.2, -0.15) is 0 Å². The molecule has 4 aliphatic rings. The maximum atomic E-state index is 7.00. The first kappa shape index (κ1) is 43.6. The molecule has 3 aromatic rings. The summed E-state index contributed by atoms with van der Waals surface area (Å²) in [5.41, 5.74) is 7.59. The van der Waals surface area contributed by atoms with Crippen LogP contribution in [-0.2, 0) is 0 Å². The van der Waals surface area contributed by atoms with Crippen LogP contribution in [0.3, 0.4) is 0 Å². The molecule has 276 valence electrons. The molecule has 3 fully saturated rings. The summed E-state index contributed by atoms with van der Waals surface area (Å²) in [6.07, 6.45) is 33.5. The Bertz CT molecular complexity index is 1190. The number of thiol groups is 1. The van der Waals surface area contributed by atoms with E-state index in [0.717, 1.165) is 24.9 Å². The highest BCUT2D eigenvalue weighted by Crippen LogP contribution is 2.45. The zero-order valence-corrected chi connectivity index (χ0v) is 33.5. The number of aryl methyl sites for hydroxylation is 2. The lowest BCUT2D eigenvalue weighted by molar-refractivity contribution is 0.399. The quantitative estimate of drug-likeness (QED) is 0.261. The predicted octanol–water partition coefficient (Wildman–Crippen LogP) is 15.0. The highest BCUT2D eigenvalue weighted by Gasteiger charge is 2.26. The third kappa shape index (κ3) is 17.6. The van der Waals surface area contributed by atoms with Crippen LogP contribution in [0.2, 0.25) is 0 Å². The highest BCUT2D eigenvalue weighted by molar-refractivity contribution is 7.80. The Morgan fingerprint density at radius 2 is 0.840 bits per heavy atom. The normalized spacial score (nSPS) is 17.4. The van der Waals surface area contributed by atoms with Crippen LogP contribution in [0, 0.1) is 13.8 Å². The van der Waals surface area contributed by atoms with Gasteiger partial charge in [-0.3, -0.25) is 0 Å². The van der Waals surface area contributed by atoms with Crippen LogP contribution >= 0.6 is 12.6 Å². The van der Waals surface area contributed by atoms with Gasteiger partial charge in [0.05, 0.1) is 0 Å². The third-order valence-electron chi connectivity index (χ3n) is 10.1. The van der Waals surface area contributed by atoms with E-state index in [1.54, 1.807) is 16.7 Å². The van der Waals surface area contributed by atoms with Gasteiger partial charge in [-0.15, -0.1) is 12.6 Å². The van der Waals surface area contributed by atoms with E-state index < -0.39 is 0 Å². The standard InChI is InChI=1S/C24H36S.2C7H8.C6H8.C3H8.CH4O/c25-24-22(19-12-6-2-7-13-19)16-21(18-10-4-1-5-11-18)17-23(24)20-14-8-3-9-15-20;2*1-7-5-3-2-4-6-7;1-2-4-6-5-3-1;1-3-2;1-2/h16-20,25H,1-15H2;2*2-6H,1H3;1-4H,5-6H2;3H2,1-2H3;2H,1H3. The van der Waals surface area contributed by atoms with Crippen molar-refractivity contribution in [1.82, 2.24) is 0 Å². The first-order chi connectivity index (χ1) is 24.5. The Balaban J connectivity index is 0.000000280. The molecule has 3 aromatic carbocycles. The van der Waals surface area contributed by atoms with Gasteiger partial charge in [0.15, 0.2) is 0 Å². The van der Waals surface area contributed by atoms with Crippen molar-refractivity contribution in [2.75, 3.05) is 7.11 Å². The van der Waals surface area contributed by atoms with Crippen LogP contribution in [0.25, 0.3) is 0 Å². The molecule has 1 N–H and O–H groups in total. The van der Waals surface area contributed by atoms with Gasteiger partial charge in [0.25, 0.3) is 0 Å². The maximum Gasteiger partial charge on any atom is 0.0319 e. The van der Waals surface area contributed by atoms with Gasteiger partial charge >= 0.3 is 0 Å². The number of aliphatic hydroxyl groups excluding tert-OH is 1. The van der Waals surface area contributed by atoms with E-state index in [1.807, 2.05) is 36.4 Å². The van der Waals surface area contributed by atoms with Crippen LogP contribution in [0.5, 0.6) is 0 Å². The number of allylic oxidation sites excluding steroid dienone is 4. The van der Waals surface area contributed by atoms with Crippen molar-refractivity contribution in [1.29, 1.82) is 0 Å². The molecule has 50 heavy (non-hydrogen) atoms. The molecule has 0 bridgehead atoms. The Morgan fingerprint density at radius 1 is 0.520 bits per heavy atom. The monoisotopic (exact) mass is 697 g/mol. The lowest BCUT2D eigenvalue weighted by Gasteiger charge is -2.31. The predicted molar refractivity (Wildman–Crippen MR) is 225 cm³/mol. The molecule has 7 rings (SSSR count). The van der Waals surface area contributed by atoms with Crippen LogP contribution in [-0.4, -0.2) is 12.2 Å². The van der Waals surface area contributed by atoms with Gasteiger partial charge in [-0.1, -0.05) is 186 Å². The van der Waals surface area contributed by atoms with E-state index in [1.165, 1.54) is 132 Å². The van der Waals surface area contributed by atoms with E-state index in [9.17, 15) is 0 Å². The van der Waals surface area contributed by atoms with Crippen LogP contribution in [0.15, 0.2) is 102 Å². The summed E-state index contributed by atoms with van der Waals surface area (Å²) in [5.74, 6) is 2.40. The van der Waals surface area contributed by atoms with Crippen molar-refractivity contribution in [3.8, 4) is 0 Å². The third-order valence-corrected chi connectivity index (χ3v) is 10.6. The Morgan fingerprint density at radius 3 is 1.10 bits per heavy atom. The zero-order chi connectivity index (χ0) is 36.2. The van der Waals surface area contributed by atoms with E-state index >= 15 is 0 Å². The molecule has 0 radical (unpaired) electrons. The van der Waals surface area contributed by atoms with Crippen LogP contribution in [0.4, 0.5) is 0 Å². The van der Waals surface area contributed by atoms with Gasteiger partial charge in [0.2, 0.25) is 0 Å². The van der Waals surface area contributed by atoms with Crippen molar-refractivity contribution in [2.24, 2.45) is 0 Å². The summed E-state index contributed by atoms with van der Waals surface area (Å²) in [5, 5.41) is 7.00. The average Bonchev–Trinajstić information content (AvgIpc) is 3.19. The van der Waals surface area contributed by atoms with Crippen molar-refractivity contribution >= 4 is 12.6 Å². The summed E-state index contributed by atoms with van der Waals surface area (Å²) in [7, 11) is 1.00. The first-order valence-electron chi connectivity index (χ1n) is 20.2. The van der Waals surface area contributed by atoms with Crippen LogP contribution in [0.1, 0.15) is 175 Å². The largest absolute Gasteiger partial charge is 0.400 e. The zero-order valence-electron chi connectivity index (χ0n) is 32.6. The van der Waals surface area contributed by atoms with Crippen molar-refractivity contribution in [3.05, 3.63) is 125 Å². The fourth-order valence-corrected chi connectivity index (χ4v) is 7.93. The molecule has 3 saturated carbocycles. The molecule has 0 aromatic heterocycles.